The molecule has 1 aliphatic heterocycles. The summed E-state index contributed by atoms with van der Waals surface area (Å²) in [5.74, 6) is -2.29. The van der Waals surface area contributed by atoms with Gasteiger partial charge in [0.25, 0.3) is 0 Å². The van der Waals surface area contributed by atoms with Gasteiger partial charge in [0, 0.05) is 12.6 Å². The van der Waals surface area contributed by atoms with Crippen molar-refractivity contribution in [1.29, 1.82) is 0 Å². The maximum absolute atomic E-state index is 13.1. The molecule has 0 amide bonds. The second-order valence-corrected chi connectivity index (χ2v) is 6.06. The van der Waals surface area contributed by atoms with E-state index >= 15 is 0 Å². The van der Waals surface area contributed by atoms with E-state index in [0.717, 1.165) is 16.4 Å². The summed E-state index contributed by atoms with van der Waals surface area (Å²) in [5.41, 5.74) is 0. The predicted molar refractivity (Wildman–Crippen MR) is 60.4 cm³/mol. The second-order valence-electron chi connectivity index (χ2n) is 4.17. The molecular formula is C11H13F2NO3S. The molecule has 1 aliphatic rings. The minimum absolute atomic E-state index is 0.275. The molecule has 1 fully saturated rings. The number of nitrogens with zero attached hydrogens (tertiary/aromatic N) is 1. The number of halogens is 2. The molecule has 1 atom stereocenters. The van der Waals surface area contributed by atoms with Crippen molar-refractivity contribution in [3.8, 4) is 0 Å². The number of rotatable bonds is 3. The molecule has 4 nitrogen and oxygen atoms in total. The van der Waals surface area contributed by atoms with Crippen molar-refractivity contribution in [1.82, 2.24) is 4.31 Å². The Bertz CT molecular complexity index is 547. The van der Waals surface area contributed by atoms with Crippen molar-refractivity contribution in [2.24, 2.45) is 0 Å². The Morgan fingerprint density at radius 2 is 2.06 bits per heavy atom. The summed E-state index contributed by atoms with van der Waals surface area (Å²) in [6, 6.07) is 1.99. The summed E-state index contributed by atoms with van der Waals surface area (Å²) in [5, 5.41) is 9.11. The van der Waals surface area contributed by atoms with Gasteiger partial charge in [-0.05, 0) is 31.0 Å². The molecule has 0 aliphatic carbocycles. The van der Waals surface area contributed by atoms with E-state index in [0.29, 0.717) is 18.9 Å². The molecule has 100 valence electrons. The number of aliphatic hydroxyl groups excluding tert-OH is 1. The van der Waals surface area contributed by atoms with Crippen molar-refractivity contribution >= 4 is 10.0 Å². The highest BCUT2D eigenvalue weighted by atomic mass is 32.2. The molecule has 1 aromatic carbocycles. The summed E-state index contributed by atoms with van der Waals surface area (Å²) in [7, 11) is -3.87. The maximum Gasteiger partial charge on any atom is 0.243 e. The minimum Gasteiger partial charge on any atom is -0.395 e. The van der Waals surface area contributed by atoms with Crippen LogP contribution >= 0.6 is 0 Å². The summed E-state index contributed by atoms with van der Waals surface area (Å²) in [6.07, 6.45) is 1.22. The summed E-state index contributed by atoms with van der Waals surface area (Å²) >= 11 is 0. The summed E-state index contributed by atoms with van der Waals surface area (Å²) in [6.45, 7) is 0.00939. The van der Waals surface area contributed by atoms with Crippen LogP contribution < -0.4 is 0 Å². The fourth-order valence-corrected chi connectivity index (χ4v) is 3.78. The fourth-order valence-electron chi connectivity index (χ4n) is 2.08. The van der Waals surface area contributed by atoms with E-state index < -0.39 is 27.7 Å². The van der Waals surface area contributed by atoms with Gasteiger partial charge in [-0.15, -0.1) is 0 Å². The molecule has 7 heteroatoms. The van der Waals surface area contributed by atoms with E-state index in [-0.39, 0.29) is 18.0 Å². The predicted octanol–water partition coefficient (Wildman–Crippen LogP) is 1.11. The van der Waals surface area contributed by atoms with Crippen molar-refractivity contribution in [2.75, 3.05) is 13.2 Å². The van der Waals surface area contributed by atoms with Gasteiger partial charge < -0.3 is 5.11 Å². The molecule has 0 spiro atoms. The summed E-state index contributed by atoms with van der Waals surface area (Å²) < 4.78 is 51.4. The molecule has 1 aromatic rings. The van der Waals surface area contributed by atoms with Crippen LogP contribution in [0.4, 0.5) is 8.78 Å². The number of hydrogen-bond donors (Lipinski definition) is 1. The maximum atomic E-state index is 13.1. The van der Waals surface area contributed by atoms with E-state index in [2.05, 4.69) is 0 Å². The van der Waals surface area contributed by atoms with E-state index in [1.807, 2.05) is 0 Å². The van der Waals surface area contributed by atoms with Gasteiger partial charge in [-0.2, -0.15) is 4.31 Å². The first-order valence-corrected chi connectivity index (χ1v) is 6.98. The molecule has 18 heavy (non-hydrogen) atoms. The van der Waals surface area contributed by atoms with Crippen LogP contribution in [0.5, 0.6) is 0 Å². The van der Waals surface area contributed by atoms with Crippen molar-refractivity contribution in [3.05, 3.63) is 29.8 Å². The monoisotopic (exact) mass is 277 g/mol. The largest absolute Gasteiger partial charge is 0.395 e. The number of hydrogen-bond acceptors (Lipinski definition) is 3. The average Bonchev–Trinajstić information content (AvgIpc) is 2.81. The molecule has 0 aromatic heterocycles. The zero-order valence-electron chi connectivity index (χ0n) is 9.51. The van der Waals surface area contributed by atoms with Crippen LogP contribution in [0.3, 0.4) is 0 Å². The van der Waals surface area contributed by atoms with Crippen molar-refractivity contribution in [2.45, 2.75) is 23.8 Å². The minimum atomic E-state index is -3.87. The van der Waals surface area contributed by atoms with Crippen molar-refractivity contribution < 1.29 is 22.3 Å². The summed E-state index contributed by atoms with van der Waals surface area (Å²) in [4.78, 5) is -0.290. The van der Waals surface area contributed by atoms with Gasteiger partial charge in [0.15, 0.2) is 11.6 Å². The molecule has 2 rings (SSSR count). The van der Waals surface area contributed by atoms with Gasteiger partial charge in [0.05, 0.1) is 11.5 Å². The van der Waals surface area contributed by atoms with Gasteiger partial charge in [-0.3, -0.25) is 0 Å². The Balaban J connectivity index is 2.38. The smallest absolute Gasteiger partial charge is 0.243 e. The Labute approximate surface area is 104 Å². The third-order valence-corrected chi connectivity index (χ3v) is 4.98. The molecule has 0 bridgehead atoms. The first-order valence-electron chi connectivity index (χ1n) is 5.54. The standard InChI is InChI=1S/C11H13F2NO3S/c12-10-4-3-9(6-11(10)13)18(16,17)14-5-1-2-8(14)7-15/h3-4,6,8,15H,1-2,5,7H2. The van der Waals surface area contributed by atoms with Gasteiger partial charge in [-0.1, -0.05) is 0 Å². The third-order valence-electron chi connectivity index (χ3n) is 3.03. The van der Waals surface area contributed by atoms with Crippen LogP contribution in [0.15, 0.2) is 23.1 Å². The van der Waals surface area contributed by atoms with Gasteiger partial charge in [0.2, 0.25) is 10.0 Å². The van der Waals surface area contributed by atoms with E-state index in [9.17, 15) is 17.2 Å². The highest BCUT2D eigenvalue weighted by Crippen LogP contribution is 2.26. The Kier molecular flexibility index (Phi) is 3.65. The topological polar surface area (TPSA) is 57.6 Å². The van der Waals surface area contributed by atoms with E-state index in [4.69, 9.17) is 5.11 Å². The van der Waals surface area contributed by atoms with Gasteiger partial charge in [0.1, 0.15) is 0 Å². The van der Waals surface area contributed by atoms with Crippen LogP contribution in [0.2, 0.25) is 0 Å². The first-order chi connectivity index (χ1) is 8.46. The van der Waals surface area contributed by atoms with E-state index in [1.54, 1.807) is 0 Å². The molecule has 1 heterocycles. The molecule has 1 unspecified atom stereocenters. The lowest BCUT2D eigenvalue weighted by atomic mass is 10.2. The lowest BCUT2D eigenvalue weighted by Gasteiger charge is -2.22. The second kappa shape index (κ2) is 4.91. The molecule has 1 saturated heterocycles. The molecule has 0 radical (unpaired) electrons. The van der Waals surface area contributed by atoms with Crippen LogP contribution in [0, 0.1) is 11.6 Å². The number of benzene rings is 1. The highest BCUT2D eigenvalue weighted by Gasteiger charge is 2.35. The third kappa shape index (κ3) is 2.25. The molecular weight excluding hydrogens is 264 g/mol. The van der Waals surface area contributed by atoms with Crippen LogP contribution in [-0.4, -0.2) is 37.0 Å². The fraction of sp³-hybridized carbons (Fsp3) is 0.455. The van der Waals surface area contributed by atoms with E-state index in [1.165, 1.54) is 0 Å². The molecule has 1 N–H and O–H groups in total. The first kappa shape index (κ1) is 13.4. The normalized spacial score (nSPS) is 21.4. The van der Waals surface area contributed by atoms with Crippen LogP contribution in [0.25, 0.3) is 0 Å². The Morgan fingerprint density at radius 3 is 2.67 bits per heavy atom. The highest BCUT2D eigenvalue weighted by molar-refractivity contribution is 7.89. The van der Waals surface area contributed by atoms with Gasteiger partial charge in [-0.25, -0.2) is 17.2 Å². The van der Waals surface area contributed by atoms with Gasteiger partial charge >= 0.3 is 0 Å². The van der Waals surface area contributed by atoms with Crippen LogP contribution in [0.1, 0.15) is 12.8 Å². The zero-order valence-corrected chi connectivity index (χ0v) is 10.3. The Hall–Kier alpha value is -1.05. The number of sulfonamides is 1. The Morgan fingerprint density at radius 1 is 1.33 bits per heavy atom. The van der Waals surface area contributed by atoms with Crippen LogP contribution in [-0.2, 0) is 10.0 Å². The molecule has 0 saturated carbocycles. The van der Waals surface area contributed by atoms with Crippen molar-refractivity contribution in [3.63, 3.8) is 0 Å². The average molecular weight is 277 g/mol. The quantitative estimate of drug-likeness (QED) is 0.900. The number of aliphatic hydroxyl groups is 1. The lowest BCUT2D eigenvalue weighted by molar-refractivity contribution is 0.213. The zero-order chi connectivity index (χ0) is 13.3. The lowest BCUT2D eigenvalue weighted by Crippen LogP contribution is -2.37. The SMILES string of the molecule is O=S(=O)(c1ccc(F)c(F)c1)N1CCCC1CO.